The van der Waals surface area contributed by atoms with Crippen molar-refractivity contribution in [3.8, 4) is 5.75 Å². The molecule has 1 unspecified atom stereocenters. The third-order valence-corrected chi connectivity index (χ3v) is 4.38. The Balaban J connectivity index is 1.75. The van der Waals surface area contributed by atoms with E-state index in [9.17, 15) is 4.79 Å². The third-order valence-electron chi connectivity index (χ3n) is 4.14. The molecule has 2 aromatic rings. The first kappa shape index (κ1) is 15.9. The Morgan fingerprint density at radius 1 is 1.26 bits per heavy atom. The third kappa shape index (κ3) is 3.50. The number of anilines is 1. The van der Waals surface area contributed by atoms with E-state index in [1.54, 1.807) is 6.07 Å². The Labute approximate surface area is 141 Å². The number of fused-ring (bicyclic) bond motifs is 1. The standard InChI is InChI=1S/C19H20ClNO2/c1-12(2)16-5-3-4-6-17(16)21-19(22)14-9-13-10-15(20)7-8-18(13)23-11-14/h3-8,10,12,14H,9,11H2,1-2H3,(H,21,22). The van der Waals surface area contributed by atoms with Crippen LogP contribution in [0.3, 0.4) is 0 Å². The van der Waals surface area contributed by atoms with Crippen molar-refractivity contribution < 1.29 is 9.53 Å². The summed E-state index contributed by atoms with van der Waals surface area (Å²) in [5.74, 6) is 0.958. The van der Waals surface area contributed by atoms with Crippen molar-refractivity contribution in [2.75, 3.05) is 11.9 Å². The van der Waals surface area contributed by atoms with E-state index < -0.39 is 0 Å². The van der Waals surface area contributed by atoms with Crippen LogP contribution in [0.2, 0.25) is 5.02 Å². The normalized spacial score (nSPS) is 16.6. The zero-order valence-electron chi connectivity index (χ0n) is 13.3. The number of carbonyl (C=O) groups is 1. The predicted octanol–water partition coefficient (Wildman–Crippen LogP) is 4.65. The van der Waals surface area contributed by atoms with Crippen molar-refractivity contribution in [3.63, 3.8) is 0 Å². The second kappa shape index (κ2) is 6.63. The highest BCUT2D eigenvalue weighted by molar-refractivity contribution is 6.30. The lowest BCUT2D eigenvalue weighted by atomic mass is 9.95. The van der Waals surface area contributed by atoms with Gasteiger partial charge in [-0.25, -0.2) is 0 Å². The van der Waals surface area contributed by atoms with Gasteiger partial charge in [0.15, 0.2) is 0 Å². The molecule has 1 heterocycles. The van der Waals surface area contributed by atoms with Gasteiger partial charge in [-0.2, -0.15) is 0 Å². The second-order valence-corrected chi connectivity index (χ2v) is 6.63. The van der Waals surface area contributed by atoms with Crippen molar-refractivity contribution in [2.45, 2.75) is 26.2 Å². The summed E-state index contributed by atoms with van der Waals surface area (Å²) in [5.41, 5.74) is 3.01. The van der Waals surface area contributed by atoms with Crippen LogP contribution >= 0.6 is 11.6 Å². The van der Waals surface area contributed by atoms with Gasteiger partial charge >= 0.3 is 0 Å². The average molecular weight is 330 g/mol. The van der Waals surface area contributed by atoms with Crippen LogP contribution in [-0.2, 0) is 11.2 Å². The maximum Gasteiger partial charge on any atom is 0.231 e. The van der Waals surface area contributed by atoms with Crippen LogP contribution in [0.15, 0.2) is 42.5 Å². The summed E-state index contributed by atoms with van der Waals surface area (Å²) in [6.07, 6.45) is 0.644. The highest BCUT2D eigenvalue weighted by Crippen LogP contribution is 2.31. The molecule has 4 heteroatoms. The van der Waals surface area contributed by atoms with Crippen LogP contribution in [0.4, 0.5) is 5.69 Å². The fourth-order valence-electron chi connectivity index (χ4n) is 2.88. The quantitative estimate of drug-likeness (QED) is 0.889. The summed E-state index contributed by atoms with van der Waals surface area (Å²) in [6.45, 7) is 4.63. The van der Waals surface area contributed by atoms with Gasteiger partial charge in [0.05, 0.1) is 5.92 Å². The number of rotatable bonds is 3. The topological polar surface area (TPSA) is 38.3 Å². The Bertz CT molecular complexity index is 727. The molecule has 1 aliphatic heterocycles. The van der Waals surface area contributed by atoms with Crippen molar-refractivity contribution in [3.05, 3.63) is 58.6 Å². The molecule has 0 bridgehead atoms. The van der Waals surface area contributed by atoms with E-state index in [1.165, 1.54) is 0 Å². The molecule has 0 saturated heterocycles. The fraction of sp³-hybridized carbons (Fsp3) is 0.316. The van der Waals surface area contributed by atoms with Gasteiger partial charge in [0.2, 0.25) is 5.91 Å². The predicted molar refractivity (Wildman–Crippen MR) is 93.3 cm³/mol. The molecule has 1 atom stereocenters. The van der Waals surface area contributed by atoms with Crippen LogP contribution in [0.5, 0.6) is 5.75 Å². The van der Waals surface area contributed by atoms with Gasteiger partial charge in [-0.15, -0.1) is 0 Å². The fourth-order valence-corrected chi connectivity index (χ4v) is 3.08. The molecule has 3 rings (SSSR count). The maximum absolute atomic E-state index is 12.6. The number of halogens is 1. The molecular weight excluding hydrogens is 310 g/mol. The van der Waals surface area contributed by atoms with Crippen LogP contribution in [0.1, 0.15) is 30.9 Å². The number of carbonyl (C=O) groups excluding carboxylic acids is 1. The summed E-state index contributed by atoms with van der Waals surface area (Å²) >= 11 is 6.03. The highest BCUT2D eigenvalue weighted by atomic mass is 35.5. The van der Waals surface area contributed by atoms with Gasteiger partial charge < -0.3 is 10.1 Å². The Kier molecular flexibility index (Phi) is 4.58. The first-order chi connectivity index (χ1) is 11.0. The lowest BCUT2D eigenvalue weighted by Crippen LogP contribution is -2.32. The molecule has 0 aromatic heterocycles. The number of amides is 1. The molecule has 120 valence electrons. The van der Waals surface area contributed by atoms with E-state index in [2.05, 4.69) is 19.2 Å². The zero-order chi connectivity index (χ0) is 16.4. The Morgan fingerprint density at radius 2 is 2.04 bits per heavy atom. The molecular formula is C19H20ClNO2. The van der Waals surface area contributed by atoms with Crippen LogP contribution in [0.25, 0.3) is 0 Å². The first-order valence-electron chi connectivity index (χ1n) is 7.85. The summed E-state index contributed by atoms with van der Waals surface area (Å²) in [5, 5.41) is 3.72. The van der Waals surface area contributed by atoms with Crippen LogP contribution in [-0.4, -0.2) is 12.5 Å². The van der Waals surface area contributed by atoms with E-state index in [0.717, 1.165) is 22.6 Å². The van der Waals surface area contributed by atoms with E-state index >= 15 is 0 Å². The van der Waals surface area contributed by atoms with Gasteiger partial charge in [0.1, 0.15) is 12.4 Å². The molecule has 23 heavy (non-hydrogen) atoms. The largest absolute Gasteiger partial charge is 0.492 e. The second-order valence-electron chi connectivity index (χ2n) is 6.20. The molecule has 1 N–H and O–H groups in total. The zero-order valence-corrected chi connectivity index (χ0v) is 14.1. The molecule has 1 amide bonds. The van der Waals surface area contributed by atoms with Crippen LogP contribution in [0, 0.1) is 5.92 Å². The van der Waals surface area contributed by atoms with E-state index in [-0.39, 0.29) is 11.8 Å². The summed E-state index contributed by atoms with van der Waals surface area (Å²) in [6, 6.07) is 13.5. The minimum absolute atomic E-state index is 0.0104. The monoisotopic (exact) mass is 329 g/mol. The van der Waals surface area contributed by atoms with Gasteiger partial charge in [-0.05, 0) is 47.7 Å². The van der Waals surface area contributed by atoms with Gasteiger partial charge in [-0.3, -0.25) is 4.79 Å². The number of hydrogen-bond acceptors (Lipinski definition) is 2. The molecule has 0 aliphatic carbocycles. The van der Waals surface area contributed by atoms with Crippen LogP contribution < -0.4 is 10.1 Å². The minimum atomic E-state index is -0.207. The first-order valence-corrected chi connectivity index (χ1v) is 8.23. The van der Waals surface area contributed by atoms with Crippen molar-refractivity contribution in [1.82, 2.24) is 0 Å². The number of para-hydroxylation sites is 1. The van der Waals surface area contributed by atoms with Gasteiger partial charge in [0, 0.05) is 10.7 Å². The highest BCUT2D eigenvalue weighted by Gasteiger charge is 2.26. The Hall–Kier alpha value is -2.00. The lowest BCUT2D eigenvalue weighted by molar-refractivity contribution is -0.121. The average Bonchev–Trinajstić information content (AvgIpc) is 2.54. The summed E-state index contributed by atoms with van der Waals surface area (Å²) in [4.78, 5) is 12.6. The van der Waals surface area contributed by atoms with Crippen molar-refractivity contribution >= 4 is 23.2 Å². The molecule has 0 spiro atoms. The molecule has 2 aromatic carbocycles. The van der Waals surface area contributed by atoms with E-state index in [4.69, 9.17) is 16.3 Å². The van der Waals surface area contributed by atoms with Crippen molar-refractivity contribution in [2.24, 2.45) is 5.92 Å². The lowest BCUT2D eigenvalue weighted by Gasteiger charge is -2.25. The minimum Gasteiger partial charge on any atom is -0.492 e. The van der Waals surface area contributed by atoms with Gasteiger partial charge in [-0.1, -0.05) is 43.6 Å². The number of nitrogens with one attached hydrogen (secondary N) is 1. The Morgan fingerprint density at radius 3 is 2.83 bits per heavy atom. The smallest absolute Gasteiger partial charge is 0.231 e. The summed E-state index contributed by atoms with van der Waals surface area (Å²) < 4.78 is 5.71. The maximum atomic E-state index is 12.6. The molecule has 0 fully saturated rings. The number of benzene rings is 2. The van der Waals surface area contributed by atoms with E-state index in [0.29, 0.717) is 24.0 Å². The molecule has 0 saturated carbocycles. The molecule has 1 aliphatic rings. The van der Waals surface area contributed by atoms with Crippen molar-refractivity contribution in [1.29, 1.82) is 0 Å². The molecule has 3 nitrogen and oxygen atoms in total. The summed E-state index contributed by atoms with van der Waals surface area (Å²) in [7, 11) is 0. The van der Waals surface area contributed by atoms with Gasteiger partial charge in [0.25, 0.3) is 0 Å². The SMILES string of the molecule is CC(C)c1ccccc1NC(=O)C1COc2ccc(Cl)cc2C1. The molecule has 0 radical (unpaired) electrons. The number of ether oxygens (including phenoxy) is 1. The van der Waals surface area contributed by atoms with E-state index in [1.807, 2.05) is 36.4 Å². The number of hydrogen-bond donors (Lipinski definition) is 1.